The van der Waals surface area contributed by atoms with E-state index in [4.69, 9.17) is 14.0 Å². The Morgan fingerprint density at radius 2 is 1.11 bits per heavy atom. The lowest BCUT2D eigenvalue weighted by molar-refractivity contribution is 0.240. The summed E-state index contributed by atoms with van der Waals surface area (Å²) in [6.45, 7) is 13.2. The molecule has 0 amide bonds. The first-order valence-electron chi connectivity index (χ1n) is 23.7. The quantitative estimate of drug-likeness (QED) is 0.0865. The number of benzene rings is 8. The van der Waals surface area contributed by atoms with Gasteiger partial charge in [-0.3, -0.25) is 4.57 Å². The topological polar surface area (TPSA) is 49.7 Å². The van der Waals surface area contributed by atoms with Crippen LogP contribution in [0.25, 0.3) is 60.9 Å². The molecule has 73 heavy (non-hydrogen) atoms. The SMILES string of the molecule is CC(C)(C)c1ccc2c(c1)-c1cc(C(C)(C)C)ccc1C2c1ccc(-c2ccc3c(c2)c2c(OC(F)=C(F)F)c(P4(=O)Oc5ccccc5-c5ccccc54)cc(OC(F)=C(F)F)c2n3-c2ccccc2)cc1. The summed E-state index contributed by atoms with van der Waals surface area (Å²) in [5.74, 6) is -1.26. The summed E-state index contributed by atoms with van der Waals surface area (Å²) < 4.78 is 123. The van der Waals surface area contributed by atoms with Crippen LogP contribution in [-0.4, -0.2) is 4.57 Å². The van der Waals surface area contributed by atoms with Crippen molar-refractivity contribution in [1.29, 1.82) is 0 Å². The standard InChI is InChI=1S/C61H46F6NO4P/c1-60(2,3)37-25-27-42-44(31-37)45-32-38(61(4,5)6)26-28-43(45)52(42)35-22-20-34(21-23-35)36-24-29-47-46(30-36)53-54(68(47)39-14-8-7-9-15-39)49(70-58(66)56(62)63)33-51(55(53)71-59(67)57(64)65)73(69)50-19-13-11-17-41(50)40-16-10-12-18-48(40)72-73/h7-33,52H,1-6H3. The van der Waals surface area contributed by atoms with E-state index in [1.165, 1.54) is 44.0 Å². The Hall–Kier alpha value is -7.75. The molecule has 0 bridgehead atoms. The maximum Gasteiger partial charge on any atom is 0.344 e. The third-order valence-electron chi connectivity index (χ3n) is 13.9. The summed E-state index contributed by atoms with van der Waals surface area (Å²) in [5, 5.41) is -0.485. The minimum Gasteiger partial charge on any atom is -0.436 e. The molecule has 0 N–H and O–H groups in total. The van der Waals surface area contributed by atoms with Crippen LogP contribution < -0.4 is 24.6 Å². The molecule has 1 aliphatic heterocycles. The second kappa shape index (κ2) is 17.5. The Labute approximate surface area is 418 Å². The Morgan fingerprint density at radius 3 is 1.73 bits per heavy atom. The molecule has 0 saturated carbocycles. The average Bonchev–Trinajstić information content (AvgIpc) is 3.89. The second-order valence-corrected chi connectivity index (χ2v) is 22.7. The molecule has 1 unspecified atom stereocenters. The zero-order valence-electron chi connectivity index (χ0n) is 40.5. The van der Waals surface area contributed by atoms with Gasteiger partial charge in [-0.05, 0) is 103 Å². The first kappa shape index (κ1) is 47.6. The number of hydrogen-bond acceptors (Lipinski definition) is 4. The number of fused-ring (bicyclic) bond motifs is 9. The van der Waals surface area contributed by atoms with Gasteiger partial charge in [0.1, 0.15) is 11.3 Å². The van der Waals surface area contributed by atoms with E-state index in [0.29, 0.717) is 27.9 Å². The van der Waals surface area contributed by atoms with Crippen molar-refractivity contribution >= 4 is 39.8 Å². The van der Waals surface area contributed by atoms with Crippen molar-refractivity contribution in [3.63, 3.8) is 0 Å². The lowest BCUT2D eigenvalue weighted by atomic mass is 9.83. The van der Waals surface area contributed by atoms with Crippen LogP contribution in [0.2, 0.25) is 0 Å². The van der Waals surface area contributed by atoms with Crippen molar-refractivity contribution in [2.45, 2.75) is 58.3 Å². The fourth-order valence-electron chi connectivity index (χ4n) is 10.3. The molecule has 1 aromatic heterocycles. The maximum atomic E-state index is 16.0. The van der Waals surface area contributed by atoms with Crippen LogP contribution >= 0.6 is 7.37 Å². The molecule has 5 nitrogen and oxygen atoms in total. The van der Waals surface area contributed by atoms with E-state index in [2.05, 4.69) is 90.1 Å². The van der Waals surface area contributed by atoms with Gasteiger partial charge in [-0.25, -0.2) is 0 Å². The molecule has 1 aliphatic carbocycles. The first-order valence-corrected chi connectivity index (χ1v) is 25.3. The molecule has 0 fully saturated rings. The highest BCUT2D eigenvalue weighted by molar-refractivity contribution is 7.75. The Kier molecular flexibility index (Phi) is 11.4. The van der Waals surface area contributed by atoms with Gasteiger partial charge in [0.25, 0.3) is 0 Å². The molecule has 2 aliphatic rings. The number of para-hydroxylation sites is 2. The summed E-state index contributed by atoms with van der Waals surface area (Å²) in [6, 6.07) is 44.8. The van der Waals surface area contributed by atoms with E-state index in [0.717, 1.165) is 17.2 Å². The highest BCUT2D eigenvalue weighted by Crippen LogP contribution is 2.58. The normalized spacial score (nSPS) is 15.0. The van der Waals surface area contributed by atoms with E-state index >= 15 is 13.3 Å². The molecular weight excluding hydrogens is 956 g/mol. The Morgan fingerprint density at radius 1 is 0.548 bits per heavy atom. The van der Waals surface area contributed by atoms with E-state index in [9.17, 15) is 17.6 Å². The third kappa shape index (κ3) is 8.01. The van der Waals surface area contributed by atoms with E-state index in [1.807, 2.05) is 18.2 Å². The minimum absolute atomic E-state index is 0.0611. The molecule has 11 rings (SSSR count). The van der Waals surface area contributed by atoms with E-state index in [1.54, 1.807) is 84.9 Å². The molecule has 0 spiro atoms. The van der Waals surface area contributed by atoms with Gasteiger partial charge in [0.2, 0.25) is 0 Å². The number of ether oxygens (including phenoxy) is 2. The summed E-state index contributed by atoms with van der Waals surface area (Å²) in [4.78, 5) is 0. The van der Waals surface area contributed by atoms with Gasteiger partial charge in [-0.1, -0.05) is 163 Å². The van der Waals surface area contributed by atoms with Crippen molar-refractivity contribution < 1.29 is 44.9 Å². The van der Waals surface area contributed by atoms with Crippen LogP contribution in [0.15, 0.2) is 188 Å². The molecule has 12 heteroatoms. The molecule has 2 heterocycles. The van der Waals surface area contributed by atoms with Crippen molar-refractivity contribution in [2.24, 2.45) is 0 Å². The number of aromatic nitrogens is 1. The number of nitrogens with zero attached hydrogens (tertiary/aromatic N) is 1. The molecule has 9 aromatic rings. The summed E-state index contributed by atoms with van der Waals surface area (Å²) in [6.07, 6.45) is -5.63. The van der Waals surface area contributed by atoms with Gasteiger partial charge in [0.15, 0.2) is 11.5 Å². The van der Waals surface area contributed by atoms with Gasteiger partial charge < -0.3 is 18.6 Å². The molecule has 8 aromatic carbocycles. The zero-order valence-corrected chi connectivity index (χ0v) is 41.4. The maximum absolute atomic E-state index is 16.0. The monoisotopic (exact) mass is 1000 g/mol. The van der Waals surface area contributed by atoms with Crippen LogP contribution in [0.4, 0.5) is 26.3 Å². The smallest absolute Gasteiger partial charge is 0.344 e. The second-order valence-electron chi connectivity index (χ2n) is 20.4. The third-order valence-corrected chi connectivity index (χ3v) is 16.3. The van der Waals surface area contributed by atoms with Gasteiger partial charge in [0.05, 0.1) is 21.5 Å². The molecule has 0 saturated heterocycles. The van der Waals surface area contributed by atoms with Crippen molar-refractivity contribution in [3.05, 3.63) is 216 Å². The molecular formula is C61H46F6NO4P. The number of rotatable bonds is 8. The van der Waals surface area contributed by atoms with Gasteiger partial charge in [-0.15, -0.1) is 0 Å². The number of halogens is 6. The minimum atomic E-state index is -4.68. The lowest BCUT2D eigenvalue weighted by Crippen LogP contribution is -2.26. The zero-order chi connectivity index (χ0) is 51.3. The highest BCUT2D eigenvalue weighted by atomic mass is 31.2. The summed E-state index contributed by atoms with van der Waals surface area (Å²) >= 11 is 0. The van der Waals surface area contributed by atoms with E-state index < -0.39 is 48.4 Å². The molecule has 1 atom stereocenters. The summed E-state index contributed by atoms with van der Waals surface area (Å²) in [7, 11) is -4.68. The van der Waals surface area contributed by atoms with Crippen LogP contribution in [0.5, 0.6) is 17.2 Å². The van der Waals surface area contributed by atoms with Crippen molar-refractivity contribution in [1.82, 2.24) is 4.57 Å². The predicted molar refractivity (Wildman–Crippen MR) is 278 cm³/mol. The Balaban J connectivity index is 1.15. The van der Waals surface area contributed by atoms with Crippen LogP contribution in [0.3, 0.4) is 0 Å². The molecule has 0 radical (unpaired) electrons. The first-order chi connectivity index (χ1) is 34.8. The largest absolute Gasteiger partial charge is 0.436 e. The van der Waals surface area contributed by atoms with Gasteiger partial charge in [0, 0.05) is 28.6 Å². The predicted octanol–water partition coefficient (Wildman–Crippen LogP) is 17.3. The van der Waals surface area contributed by atoms with Crippen LogP contribution in [-0.2, 0) is 15.4 Å². The van der Waals surface area contributed by atoms with Crippen LogP contribution in [0.1, 0.15) is 75.3 Å². The van der Waals surface area contributed by atoms with Crippen molar-refractivity contribution in [2.75, 3.05) is 0 Å². The fraction of sp³-hybridized carbons (Fsp3) is 0.148. The molecule has 366 valence electrons. The average molecular weight is 1000 g/mol. The Bertz CT molecular complexity index is 3780. The fourth-order valence-corrected chi connectivity index (χ4v) is 12.7. The van der Waals surface area contributed by atoms with Crippen LogP contribution in [0, 0.1) is 0 Å². The van der Waals surface area contributed by atoms with Gasteiger partial charge in [-0.2, -0.15) is 26.3 Å². The number of hydrogen-bond donors (Lipinski definition) is 0. The highest BCUT2D eigenvalue weighted by Gasteiger charge is 2.43. The van der Waals surface area contributed by atoms with E-state index in [-0.39, 0.29) is 44.1 Å². The van der Waals surface area contributed by atoms with Crippen molar-refractivity contribution in [3.8, 4) is 56.3 Å². The lowest BCUT2D eigenvalue weighted by Gasteiger charge is -2.30. The summed E-state index contributed by atoms with van der Waals surface area (Å²) in [5.41, 5.74) is 11.0. The van der Waals surface area contributed by atoms with Gasteiger partial charge >= 0.3 is 31.6 Å².